The largest absolute Gasteiger partial charge is 0.354 e. The predicted octanol–water partition coefficient (Wildman–Crippen LogP) is 2.83. The van der Waals surface area contributed by atoms with Crippen molar-refractivity contribution in [1.82, 2.24) is 5.32 Å². The van der Waals surface area contributed by atoms with E-state index >= 15 is 0 Å². The topological polar surface area (TPSA) is 58.2 Å². The zero-order valence-corrected chi connectivity index (χ0v) is 13.8. The zero-order valence-electron chi connectivity index (χ0n) is 13.1. The molecule has 25 heavy (non-hydrogen) atoms. The fourth-order valence-corrected chi connectivity index (χ4v) is 2.76. The smallest absolute Gasteiger partial charge is 0.238 e. The van der Waals surface area contributed by atoms with Crippen LogP contribution in [0.3, 0.4) is 0 Å². The normalized spacial score (nSPS) is 18.9. The Hall–Kier alpha value is -2.84. The van der Waals surface area contributed by atoms with Gasteiger partial charge in [0.15, 0.2) is 0 Å². The number of hydrogen-bond acceptors (Lipinski definition) is 2. The van der Waals surface area contributed by atoms with Crippen LogP contribution >= 0.6 is 11.6 Å². The van der Waals surface area contributed by atoms with Gasteiger partial charge in [-0.3, -0.25) is 9.59 Å². The molecule has 0 aliphatic carbocycles. The molecule has 2 aromatic rings. The molecule has 2 N–H and O–H groups in total. The van der Waals surface area contributed by atoms with Crippen molar-refractivity contribution in [2.45, 2.75) is 0 Å². The maximum atomic E-state index is 13.7. The first-order chi connectivity index (χ1) is 12.0. The minimum Gasteiger partial charge on any atom is -0.354 e. The van der Waals surface area contributed by atoms with Gasteiger partial charge < -0.3 is 10.6 Å². The molecular formula is C19H14ClFN2O2. The third kappa shape index (κ3) is 3.98. The molecule has 1 saturated heterocycles. The van der Waals surface area contributed by atoms with E-state index in [0.717, 1.165) is 0 Å². The molecule has 0 bridgehead atoms. The fourth-order valence-electron chi connectivity index (χ4n) is 2.57. The van der Waals surface area contributed by atoms with E-state index < -0.39 is 29.5 Å². The van der Waals surface area contributed by atoms with E-state index in [1.807, 2.05) is 0 Å². The summed E-state index contributed by atoms with van der Waals surface area (Å²) in [5.41, 5.74) is 0.730. The van der Waals surface area contributed by atoms with Gasteiger partial charge >= 0.3 is 0 Å². The number of amides is 2. The van der Waals surface area contributed by atoms with Crippen LogP contribution in [0.25, 0.3) is 0 Å². The molecule has 1 fully saturated rings. The second-order valence-corrected chi connectivity index (χ2v) is 6.01. The third-order valence-corrected chi connectivity index (χ3v) is 4.06. The minimum absolute atomic E-state index is 0.0359. The summed E-state index contributed by atoms with van der Waals surface area (Å²) in [6, 6.07) is 12.8. The highest BCUT2D eigenvalue weighted by Gasteiger charge is 2.39. The highest BCUT2D eigenvalue weighted by molar-refractivity contribution is 6.30. The van der Waals surface area contributed by atoms with Crippen molar-refractivity contribution in [2.75, 3.05) is 11.9 Å². The number of para-hydroxylation sites is 1. The van der Waals surface area contributed by atoms with Gasteiger partial charge in [0, 0.05) is 17.1 Å². The molecule has 0 spiro atoms. The summed E-state index contributed by atoms with van der Waals surface area (Å²) < 4.78 is 13.7. The molecule has 2 aromatic carbocycles. The maximum absolute atomic E-state index is 13.7. The Labute approximate surface area is 149 Å². The molecular weight excluding hydrogens is 343 g/mol. The molecule has 0 saturated carbocycles. The van der Waals surface area contributed by atoms with E-state index in [1.165, 1.54) is 18.2 Å². The van der Waals surface area contributed by atoms with Crippen LogP contribution in [-0.2, 0) is 9.59 Å². The number of rotatable bonds is 2. The van der Waals surface area contributed by atoms with Gasteiger partial charge in [0.2, 0.25) is 11.8 Å². The van der Waals surface area contributed by atoms with Gasteiger partial charge in [-0.1, -0.05) is 41.6 Å². The molecule has 0 aromatic heterocycles. The molecule has 2 unspecified atom stereocenters. The lowest BCUT2D eigenvalue weighted by Gasteiger charge is -2.12. The van der Waals surface area contributed by atoms with Crippen LogP contribution in [0.5, 0.6) is 0 Å². The molecule has 2 atom stereocenters. The first-order valence-corrected chi connectivity index (χ1v) is 8.02. The summed E-state index contributed by atoms with van der Waals surface area (Å²) in [5, 5.41) is 5.64. The van der Waals surface area contributed by atoms with Crippen LogP contribution in [0.1, 0.15) is 5.56 Å². The highest BCUT2D eigenvalue weighted by Crippen LogP contribution is 2.21. The molecule has 2 amide bonds. The summed E-state index contributed by atoms with van der Waals surface area (Å²) in [6.07, 6.45) is 0. The lowest BCUT2D eigenvalue weighted by molar-refractivity contribution is -0.130. The van der Waals surface area contributed by atoms with E-state index in [1.54, 1.807) is 30.3 Å². The number of hydrogen-bond donors (Lipinski definition) is 2. The lowest BCUT2D eigenvalue weighted by Crippen LogP contribution is -2.32. The summed E-state index contributed by atoms with van der Waals surface area (Å²) in [7, 11) is 0. The molecule has 3 rings (SSSR count). The second kappa shape index (κ2) is 7.37. The van der Waals surface area contributed by atoms with Crippen molar-refractivity contribution in [3.63, 3.8) is 0 Å². The van der Waals surface area contributed by atoms with Gasteiger partial charge in [0.1, 0.15) is 11.7 Å². The maximum Gasteiger partial charge on any atom is 0.238 e. The number of anilines is 1. The van der Waals surface area contributed by atoms with Crippen molar-refractivity contribution in [3.8, 4) is 11.8 Å². The first-order valence-electron chi connectivity index (χ1n) is 7.65. The van der Waals surface area contributed by atoms with Crippen molar-refractivity contribution in [1.29, 1.82) is 0 Å². The predicted molar refractivity (Wildman–Crippen MR) is 93.3 cm³/mol. The number of halogens is 2. The average Bonchev–Trinajstić information content (AvgIpc) is 2.96. The fraction of sp³-hybridized carbons (Fsp3) is 0.158. The van der Waals surface area contributed by atoms with Crippen LogP contribution in [0.2, 0.25) is 5.02 Å². The van der Waals surface area contributed by atoms with Crippen molar-refractivity contribution in [2.24, 2.45) is 11.8 Å². The quantitative estimate of drug-likeness (QED) is 0.642. The number of carbonyl (C=O) groups is 2. The third-order valence-electron chi connectivity index (χ3n) is 3.82. The molecule has 126 valence electrons. The van der Waals surface area contributed by atoms with Gasteiger partial charge in [-0.25, -0.2) is 4.39 Å². The zero-order chi connectivity index (χ0) is 17.8. The monoisotopic (exact) mass is 356 g/mol. The van der Waals surface area contributed by atoms with Gasteiger partial charge in [0.05, 0.1) is 11.6 Å². The van der Waals surface area contributed by atoms with Crippen LogP contribution in [-0.4, -0.2) is 18.4 Å². The van der Waals surface area contributed by atoms with Crippen LogP contribution in [0.4, 0.5) is 10.1 Å². The van der Waals surface area contributed by atoms with Crippen LogP contribution in [0.15, 0.2) is 48.5 Å². The van der Waals surface area contributed by atoms with Crippen LogP contribution < -0.4 is 10.6 Å². The van der Waals surface area contributed by atoms with Crippen molar-refractivity contribution < 1.29 is 14.0 Å². The Balaban J connectivity index is 1.78. The lowest BCUT2D eigenvalue weighted by atomic mass is 9.94. The second-order valence-electron chi connectivity index (χ2n) is 5.58. The van der Waals surface area contributed by atoms with Gasteiger partial charge in [-0.05, 0) is 30.3 Å². The van der Waals surface area contributed by atoms with Crippen molar-refractivity contribution >= 4 is 29.1 Å². The van der Waals surface area contributed by atoms with E-state index in [9.17, 15) is 14.0 Å². The van der Waals surface area contributed by atoms with E-state index in [0.29, 0.717) is 10.6 Å². The molecule has 4 nitrogen and oxygen atoms in total. The SMILES string of the molecule is O=C1NCC(C#Cc2cccc(Cl)c2)C1C(=O)Nc1ccccc1F. The van der Waals surface area contributed by atoms with E-state index in [-0.39, 0.29) is 12.2 Å². The molecule has 1 aliphatic rings. The Morgan fingerprint density at radius 2 is 2.04 bits per heavy atom. The van der Waals surface area contributed by atoms with Crippen molar-refractivity contribution in [3.05, 3.63) is 64.9 Å². The Morgan fingerprint density at radius 1 is 1.24 bits per heavy atom. The Bertz CT molecular complexity index is 888. The van der Waals surface area contributed by atoms with E-state index in [2.05, 4.69) is 22.5 Å². The number of benzene rings is 2. The summed E-state index contributed by atoms with van der Waals surface area (Å²) in [6.45, 7) is 0.266. The highest BCUT2D eigenvalue weighted by atomic mass is 35.5. The standard InChI is InChI=1S/C19H14ClFN2O2/c20-14-5-3-4-12(10-14)8-9-13-11-22-18(24)17(13)19(25)23-16-7-2-1-6-15(16)21/h1-7,10,13,17H,11H2,(H,22,24)(H,23,25). The summed E-state index contributed by atoms with van der Waals surface area (Å²) in [4.78, 5) is 24.4. The van der Waals surface area contributed by atoms with Gasteiger partial charge in [0.25, 0.3) is 0 Å². The van der Waals surface area contributed by atoms with Gasteiger partial charge in [-0.2, -0.15) is 0 Å². The van der Waals surface area contributed by atoms with Gasteiger partial charge in [-0.15, -0.1) is 0 Å². The Kier molecular flexibility index (Phi) is 5.01. The number of carbonyl (C=O) groups excluding carboxylic acids is 2. The molecule has 1 aliphatic heterocycles. The summed E-state index contributed by atoms with van der Waals surface area (Å²) in [5.74, 6) is 2.82. The minimum atomic E-state index is -0.994. The number of nitrogens with one attached hydrogen (secondary N) is 2. The average molecular weight is 357 g/mol. The molecule has 0 radical (unpaired) electrons. The van der Waals surface area contributed by atoms with E-state index in [4.69, 9.17) is 11.6 Å². The van der Waals surface area contributed by atoms with Crippen LogP contribution in [0, 0.1) is 29.5 Å². The Morgan fingerprint density at radius 3 is 2.80 bits per heavy atom. The molecule has 6 heteroatoms. The molecule has 1 heterocycles. The first kappa shape index (κ1) is 17.0. The summed E-state index contributed by atoms with van der Waals surface area (Å²) >= 11 is 5.91.